The second kappa shape index (κ2) is 6.77. The minimum atomic E-state index is -0.274. The van der Waals surface area contributed by atoms with E-state index in [1.807, 2.05) is 21.7 Å². The summed E-state index contributed by atoms with van der Waals surface area (Å²) in [7, 11) is 0. The molecule has 0 aliphatic carbocycles. The standard InChI is InChI=1S/C16H16ClFN2OS/c17-14-2-1-3-15(18)13(14)10-19-5-7-20(8-6-19)16(21)12-4-9-22-11-12/h1-4,9,11H,5-8,10H2. The maximum Gasteiger partial charge on any atom is 0.254 e. The van der Waals surface area contributed by atoms with Crippen LogP contribution in [0, 0.1) is 5.82 Å². The SMILES string of the molecule is O=C(c1ccsc1)N1CCN(Cc2c(F)cccc2Cl)CC1. The second-order valence-electron chi connectivity index (χ2n) is 5.28. The fourth-order valence-corrected chi connectivity index (χ4v) is 3.44. The molecule has 3 rings (SSSR count). The lowest BCUT2D eigenvalue weighted by Crippen LogP contribution is -2.48. The van der Waals surface area contributed by atoms with Crippen molar-refractivity contribution in [3.05, 3.63) is 57.0 Å². The number of thiophene rings is 1. The van der Waals surface area contributed by atoms with E-state index in [1.165, 1.54) is 17.4 Å². The molecule has 0 radical (unpaired) electrons. The molecule has 0 saturated carbocycles. The molecule has 0 unspecified atom stereocenters. The van der Waals surface area contributed by atoms with Gasteiger partial charge in [0.15, 0.2) is 0 Å². The molecule has 2 heterocycles. The van der Waals surface area contributed by atoms with Crippen LogP contribution >= 0.6 is 22.9 Å². The first-order valence-electron chi connectivity index (χ1n) is 7.12. The molecule has 1 fully saturated rings. The summed E-state index contributed by atoms with van der Waals surface area (Å²) in [5.41, 5.74) is 1.28. The van der Waals surface area contributed by atoms with Crippen LogP contribution < -0.4 is 0 Å². The minimum Gasteiger partial charge on any atom is -0.336 e. The van der Waals surface area contributed by atoms with E-state index >= 15 is 0 Å². The van der Waals surface area contributed by atoms with E-state index in [1.54, 1.807) is 12.1 Å². The minimum absolute atomic E-state index is 0.0739. The van der Waals surface area contributed by atoms with Gasteiger partial charge in [0.05, 0.1) is 5.56 Å². The Labute approximate surface area is 137 Å². The lowest BCUT2D eigenvalue weighted by molar-refractivity contribution is 0.0627. The molecule has 2 aromatic rings. The number of amides is 1. The van der Waals surface area contributed by atoms with E-state index in [9.17, 15) is 9.18 Å². The van der Waals surface area contributed by atoms with Gasteiger partial charge < -0.3 is 4.90 Å². The number of hydrogen-bond donors (Lipinski definition) is 0. The molecular formula is C16H16ClFN2OS. The van der Waals surface area contributed by atoms with Crippen LogP contribution in [0.3, 0.4) is 0 Å². The predicted molar refractivity (Wildman–Crippen MR) is 86.9 cm³/mol. The molecule has 3 nitrogen and oxygen atoms in total. The Morgan fingerprint density at radius 1 is 1.23 bits per heavy atom. The molecule has 22 heavy (non-hydrogen) atoms. The molecule has 1 aliphatic heterocycles. The highest BCUT2D eigenvalue weighted by molar-refractivity contribution is 7.08. The van der Waals surface area contributed by atoms with Crippen LogP contribution in [0.2, 0.25) is 5.02 Å². The number of benzene rings is 1. The van der Waals surface area contributed by atoms with Crippen LogP contribution in [-0.4, -0.2) is 41.9 Å². The van der Waals surface area contributed by atoms with Gasteiger partial charge in [-0.1, -0.05) is 17.7 Å². The van der Waals surface area contributed by atoms with Gasteiger partial charge in [0.2, 0.25) is 0 Å². The summed E-state index contributed by atoms with van der Waals surface area (Å²) in [6.45, 7) is 3.23. The van der Waals surface area contributed by atoms with Crippen molar-refractivity contribution in [3.8, 4) is 0 Å². The normalized spacial score (nSPS) is 16.0. The average molecular weight is 339 g/mol. The Morgan fingerprint density at radius 3 is 2.64 bits per heavy atom. The Hall–Kier alpha value is -1.43. The van der Waals surface area contributed by atoms with E-state index in [2.05, 4.69) is 4.90 Å². The number of rotatable bonds is 3. The quantitative estimate of drug-likeness (QED) is 0.855. The van der Waals surface area contributed by atoms with Crippen LogP contribution in [0.5, 0.6) is 0 Å². The lowest BCUT2D eigenvalue weighted by atomic mass is 10.1. The van der Waals surface area contributed by atoms with Crippen molar-refractivity contribution in [2.24, 2.45) is 0 Å². The van der Waals surface area contributed by atoms with Gasteiger partial charge in [0.25, 0.3) is 5.91 Å². The molecule has 6 heteroatoms. The van der Waals surface area contributed by atoms with Gasteiger partial charge in [-0.15, -0.1) is 0 Å². The van der Waals surface area contributed by atoms with E-state index in [4.69, 9.17) is 11.6 Å². The van der Waals surface area contributed by atoms with Gasteiger partial charge in [-0.2, -0.15) is 11.3 Å². The third kappa shape index (κ3) is 3.32. The maximum atomic E-state index is 13.8. The van der Waals surface area contributed by atoms with Crippen molar-refractivity contribution in [2.45, 2.75) is 6.54 Å². The smallest absolute Gasteiger partial charge is 0.254 e. The molecule has 1 aliphatic rings. The van der Waals surface area contributed by atoms with Gasteiger partial charge >= 0.3 is 0 Å². The van der Waals surface area contributed by atoms with Crippen molar-refractivity contribution in [2.75, 3.05) is 26.2 Å². The molecule has 1 aromatic heterocycles. The molecular weight excluding hydrogens is 323 g/mol. The fraction of sp³-hybridized carbons (Fsp3) is 0.312. The van der Waals surface area contributed by atoms with Crippen LogP contribution in [0.4, 0.5) is 4.39 Å². The average Bonchev–Trinajstić information content (AvgIpc) is 3.05. The summed E-state index contributed by atoms with van der Waals surface area (Å²) < 4.78 is 13.8. The number of hydrogen-bond acceptors (Lipinski definition) is 3. The van der Waals surface area contributed by atoms with Crippen molar-refractivity contribution < 1.29 is 9.18 Å². The first-order chi connectivity index (χ1) is 10.6. The molecule has 1 amide bonds. The largest absolute Gasteiger partial charge is 0.336 e. The summed E-state index contributed by atoms with van der Waals surface area (Å²) in [4.78, 5) is 16.2. The Bertz CT molecular complexity index is 634. The molecule has 1 saturated heterocycles. The first kappa shape index (κ1) is 15.5. The molecule has 0 atom stereocenters. The highest BCUT2D eigenvalue weighted by Gasteiger charge is 2.23. The third-order valence-electron chi connectivity index (χ3n) is 3.87. The van der Waals surface area contributed by atoms with Gasteiger partial charge in [-0.3, -0.25) is 9.69 Å². The highest BCUT2D eigenvalue weighted by atomic mass is 35.5. The van der Waals surface area contributed by atoms with Gasteiger partial charge in [-0.05, 0) is 23.6 Å². The summed E-state index contributed by atoms with van der Waals surface area (Å²) in [6.07, 6.45) is 0. The number of piperazine rings is 1. The summed E-state index contributed by atoms with van der Waals surface area (Å²) in [6, 6.07) is 6.59. The topological polar surface area (TPSA) is 23.6 Å². The van der Waals surface area contributed by atoms with Crippen LogP contribution in [0.15, 0.2) is 35.0 Å². The third-order valence-corrected chi connectivity index (χ3v) is 4.91. The zero-order valence-electron chi connectivity index (χ0n) is 12.0. The summed E-state index contributed by atoms with van der Waals surface area (Å²) in [5, 5.41) is 4.23. The first-order valence-corrected chi connectivity index (χ1v) is 8.44. The fourth-order valence-electron chi connectivity index (χ4n) is 2.58. The van der Waals surface area contributed by atoms with Crippen molar-refractivity contribution in [3.63, 3.8) is 0 Å². The van der Waals surface area contributed by atoms with E-state index < -0.39 is 0 Å². The van der Waals surface area contributed by atoms with E-state index in [0.717, 1.165) is 18.7 Å². The number of carbonyl (C=O) groups is 1. The molecule has 0 spiro atoms. The van der Waals surface area contributed by atoms with Gasteiger partial charge in [0, 0.05) is 48.7 Å². The van der Waals surface area contributed by atoms with Crippen LogP contribution in [0.25, 0.3) is 0 Å². The van der Waals surface area contributed by atoms with E-state index in [0.29, 0.717) is 30.2 Å². The molecule has 116 valence electrons. The molecule has 0 bridgehead atoms. The lowest BCUT2D eigenvalue weighted by Gasteiger charge is -2.34. The Morgan fingerprint density at radius 2 is 2.00 bits per heavy atom. The monoisotopic (exact) mass is 338 g/mol. The summed E-state index contributed by atoms with van der Waals surface area (Å²) in [5.74, 6) is -0.200. The predicted octanol–water partition coefficient (Wildman–Crippen LogP) is 3.50. The number of carbonyl (C=O) groups excluding carboxylic acids is 1. The van der Waals surface area contributed by atoms with Gasteiger partial charge in [0.1, 0.15) is 5.82 Å². The second-order valence-corrected chi connectivity index (χ2v) is 6.47. The molecule has 0 N–H and O–H groups in total. The zero-order valence-corrected chi connectivity index (χ0v) is 13.5. The van der Waals surface area contributed by atoms with Crippen LogP contribution in [-0.2, 0) is 6.54 Å². The van der Waals surface area contributed by atoms with E-state index in [-0.39, 0.29) is 11.7 Å². The highest BCUT2D eigenvalue weighted by Crippen LogP contribution is 2.21. The Balaban J connectivity index is 1.59. The van der Waals surface area contributed by atoms with Gasteiger partial charge in [-0.25, -0.2) is 4.39 Å². The Kier molecular flexibility index (Phi) is 4.76. The van der Waals surface area contributed by atoms with Crippen LogP contribution in [0.1, 0.15) is 15.9 Å². The number of nitrogens with zero attached hydrogens (tertiary/aromatic N) is 2. The molecule has 1 aromatic carbocycles. The van der Waals surface area contributed by atoms with Crippen molar-refractivity contribution >= 4 is 28.8 Å². The number of halogens is 2. The van der Waals surface area contributed by atoms with Crippen molar-refractivity contribution in [1.29, 1.82) is 0 Å². The van der Waals surface area contributed by atoms with Crippen molar-refractivity contribution in [1.82, 2.24) is 9.80 Å². The maximum absolute atomic E-state index is 13.8. The zero-order chi connectivity index (χ0) is 15.5. The summed E-state index contributed by atoms with van der Waals surface area (Å²) >= 11 is 7.59.